The van der Waals surface area contributed by atoms with Gasteiger partial charge in [0.2, 0.25) is 5.91 Å². The number of carboxylic acid groups (broad SMARTS) is 1. The number of thioether (sulfide) groups is 1. The fraction of sp³-hybridized carbons (Fsp3) is 0.692. The van der Waals surface area contributed by atoms with Crippen molar-refractivity contribution in [3.8, 4) is 12.3 Å². The fourth-order valence-electron chi connectivity index (χ4n) is 2.04. The largest absolute Gasteiger partial charge is 0.480 e. The Hall–Kier alpha value is -1.15. The lowest BCUT2D eigenvalue weighted by molar-refractivity contribution is -0.149. The fourth-order valence-corrected chi connectivity index (χ4v) is 3.40. The van der Waals surface area contributed by atoms with Crippen LogP contribution in [0.4, 0.5) is 0 Å². The van der Waals surface area contributed by atoms with E-state index in [0.29, 0.717) is 18.6 Å². The highest BCUT2D eigenvalue weighted by atomic mass is 32.2. The van der Waals surface area contributed by atoms with Crippen LogP contribution in [0.3, 0.4) is 0 Å². The van der Waals surface area contributed by atoms with Gasteiger partial charge in [0.1, 0.15) is 6.04 Å². The highest BCUT2D eigenvalue weighted by Crippen LogP contribution is 2.32. The molecule has 1 aliphatic rings. The molecule has 0 aliphatic carbocycles. The van der Waals surface area contributed by atoms with Crippen LogP contribution in [-0.4, -0.2) is 39.1 Å². The minimum Gasteiger partial charge on any atom is -0.480 e. The number of carbonyl (C=O) groups is 2. The first kappa shape index (κ1) is 14.9. The van der Waals surface area contributed by atoms with Gasteiger partial charge in [0, 0.05) is 18.6 Å². The number of aliphatic carboxylic acids is 1. The van der Waals surface area contributed by atoms with E-state index in [1.165, 1.54) is 0 Å². The summed E-state index contributed by atoms with van der Waals surface area (Å²) < 4.78 is 0. The molecule has 0 aromatic rings. The number of hydrogen-bond donors (Lipinski definition) is 1. The van der Waals surface area contributed by atoms with Crippen LogP contribution in [0.25, 0.3) is 0 Å². The van der Waals surface area contributed by atoms with Crippen molar-refractivity contribution in [2.24, 2.45) is 0 Å². The zero-order valence-corrected chi connectivity index (χ0v) is 11.4. The third kappa shape index (κ3) is 3.67. The number of rotatable bonds is 6. The Morgan fingerprint density at radius 1 is 1.50 bits per heavy atom. The maximum atomic E-state index is 12.1. The molecule has 1 N–H and O–H groups in total. The summed E-state index contributed by atoms with van der Waals surface area (Å²) in [6.45, 7) is 1.97. The summed E-state index contributed by atoms with van der Waals surface area (Å²) in [6.07, 6.45) is 8.53. The second-order valence-corrected chi connectivity index (χ2v) is 5.47. The van der Waals surface area contributed by atoms with E-state index in [0.717, 1.165) is 19.3 Å². The molecule has 100 valence electrons. The number of carboxylic acids is 1. The van der Waals surface area contributed by atoms with Gasteiger partial charge >= 0.3 is 5.97 Å². The van der Waals surface area contributed by atoms with Crippen molar-refractivity contribution < 1.29 is 14.7 Å². The Morgan fingerprint density at radius 2 is 2.22 bits per heavy atom. The van der Waals surface area contributed by atoms with Gasteiger partial charge in [0.05, 0.1) is 5.37 Å². The summed E-state index contributed by atoms with van der Waals surface area (Å²) in [5, 5.41) is 9.13. The number of amides is 1. The molecule has 0 bridgehead atoms. The first-order valence-electron chi connectivity index (χ1n) is 6.20. The van der Waals surface area contributed by atoms with Gasteiger partial charge in [-0.05, 0) is 19.3 Å². The molecule has 18 heavy (non-hydrogen) atoms. The average molecular weight is 269 g/mol. The summed E-state index contributed by atoms with van der Waals surface area (Å²) in [5.41, 5.74) is 0. The molecule has 1 heterocycles. The quantitative estimate of drug-likeness (QED) is 0.591. The Morgan fingerprint density at radius 3 is 2.78 bits per heavy atom. The summed E-state index contributed by atoms with van der Waals surface area (Å²) in [4.78, 5) is 24.8. The predicted octanol–water partition coefficient (Wildman–Crippen LogP) is 1.94. The van der Waals surface area contributed by atoms with Crippen LogP contribution in [0, 0.1) is 12.3 Å². The molecule has 4 nitrogen and oxygen atoms in total. The van der Waals surface area contributed by atoms with Gasteiger partial charge in [-0.1, -0.05) is 6.92 Å². The Labute approximate surface area is 112 Å². The van der Waals surface area contributed by atoms with Gasteiger partial charge in [-0.15, -0.1) is 24.1 Å². The first-order valence-corrected chi connectivity index (χ1v) is 7.25. The average Bonchev–Trinajstić information content (AvgIpc) is 2.78. The zero-order chi connectivity index (χ0) is 13.5. The number of nitrogens with zero attached hydrogens (tertiary/aromatic N) is 1. The lowest BCUT2D eigenvalue weighted by Crippen LogP contribution is -2.45. The van der Waals surface area contributed by atoms with Crippen molar-refractivity contribution >= 4 is 23.6 Å². The molecule has 2 atom stereocenters. The van der Waals surface area contributed by atoms with E-state index in [1.807, 2.05) is 6.92 Å². The Bertz CT molecular complexity index is 351. The molecule has 1 saturated heterocycles. The van der Waals surface area contributed by atoms with Crippen LogP contribution >= 0.6 is 11.8 Å². The van der Waals surface area contributed by atoms with E-state index in [-0.39, 0.29) is 11.3 Å². The SMILES string of the molecule is C#CCCCCC(=O)N1C(CC)SCC1C(=O)O. The molecule has 0 spiro atoms. The molecular weight excluding hydrogens is 250 g/mol. The van der Waals surface area contributed by atoms with Gasteiger partial charge in [0.15, 0.2) is 0 Å². The molecule has 0 saturated carbocycles. The van der Waals surface area contributed by atoms with E-state index < -0.39 is 12.0 Å². The van der Waals surface area contributed by atoms with Crippen molar-refractivity contribution in [3.05, 3.63) is 0 Å². The zero-order valence-electron chi connectivity index (χ0n) is 10.6. The minimum absolute atomic E-state index is 0.00577. The maximum absolute atomic E-state index is 12.1. The second-order valence-electron chi connectivity index (χ2n) is 4.26. The van der Waals surface area contributed by atoms with Gasteiger partial charge in [-0.3, -0.25) is 4.79 Å². The predicted molar refractivity (Wildman–Crippen MR) is 72.1 cm³/mol. The number of unbranched alkanes of at least 4 members (excludes halogenated alkanes) is 2. The van der Waals surface area contributed by atoms with Crippen LogP contribution in [-0.2, 0) is 9.59 Å². The maximum Gasteiger partial charge on any atom is 0.327 e. The minimum atomic E-state index is -0.907. The van der Waals surface area contributed by atoms with Crippen LogP contribution in [0.15, 0.2) is 0 Å². The smallest absolute Gasteiger partial charge is 0.327 e. The highest BCUT2D eigenvalue weighted by molar-refractivity contribution is 8.00. The van der Waals surface area contributed by atoms with Crippen molar-refractivity contribution in [1.82, 2.24) is 4.90 Å². The molecule has 1 aliphatic heterocycles. The number of carbonyl (C=O) groups excluding carboxylic acids is 1. The summed E-state index contributed by atoms with van der Waals surface area (Å²) >= 11 is 1.55. The lowest BCUT2D eigenvalue weighted by atomic mass is 10.1. The second kappa shape index (κ2) is 7.32. The summed E-state index contributed by atoms with van der Waals surface area (Å²) in [7, 11) is 0. The topological polar surface area (TPSA) is 57.6 Å². The van der Waals surface area contributed by atoms with Crippen molar-refractivity contribution in [2.45, 2.75) is 50.4 Å². The first-order chi connectivity index (χ1) is 8.61. The van der Waals surface area contributed by atoms with Gasteiger partial charge < -0.3 is 10.0 Å². The molecule has 2 unspecified atom stereocenters. The molecule has 5 heteroatoms. The van der Waals surface area contributed by atoms with Gasteiger partial charge in [-0.2, -0.15) is 0 Å². The molecule has 0 aromatic heterocycles. The number of terminal acetylenes is 1. The third-order valence-electron chi connectivity index (χ3n) is 2.98. The van der Waals surface area contributed by atoms with Crippen LogP contribution in [0.1, 0.15) is 39.0 Å². The van der Waals surface area contributed by atoms with Crippen LogP contribution in [0.5, 0.6) is 0 Å². The Kier molecular flexibility index (Phi) is 6.06. The molecular formula is C13H19NO3S. The lowest BCUT2D eigenvalue weighted by Gasteiger charge is -2.26. The number of hydrogen-bond acceptors (Lipinski definition) is 3. The standard InChI is InChI=1S/C13H19NO3S/c1-3-5-6-7-8-11(15)14-10(13(16)17)9-18-12(14)4-2/h1,10,12H,4-9H2,2H3,(H,16,17). The third-order valence-corrected chi connectivity index (χ3v) is 4.43. The van der Waals surface area contributed by atoms with E-state index in [1.54, 1.807) is 16.7 Å². The monoisotopic (exact) mass is 269 g/mol. The van der Waals surface area contributed by atoms with Gasteiger partial charge in [-0.25, -0.2) is 4.79 Å². The van der Waals surface area contributed by atoms with Crippen molar-refractivity contribution in [1.29, 1.82) is 0 Å². The molecule has 0 radical (unpaired) electrons. The molecule has 0 aromatic carbocycles. The van der Waals surface area contributed by atoms with E-state index in [9.17, 15) is 9.59 Å². The van der Waals surface area contributed by atoms with Gasteiger partial charge in [0.25, 0.3) is 0 Å². The van der Waals surface area contributed by atoms with E-state index in [2.05, 4.69) is 5.92 Å². The molecule has 1 rings (SSSR count). The van der Waals surface area contributed by atoms with E-state index in [4.69, 9.17) is 11.5 Å². The van der Waals surface area contributed by atoms with Crippen molar-refractivity contribution in [3.63, 3.8) is 0 Å². The normalized spacial score (nSPS) is 22.8. The van der Waals surface area contributed by atoms with E-state index >= 15 is 0 Å². The van der Waals surface area contributed by atoms with Crippen LogP contribution < -0.4 is 0 Å². The van der Waals surface area contributed by atoms with Crippen LogP contribution in [0.2, 0.25) is 0 Å². The van der Waals surface area contributed by atoms with Crippen molar-refractivity contribution in [2.75, 3.05) is 5.75 Å². The summed E-state index contributed by atoms with van der Waals surface area (Å²) in [6, 6.07) is -0.667. The summed E-state index contributed by atoms with van der Waals surface area (Å²) in [5.74, 6) is 2.06. The Balaban J connectivity index is 2.56. The molecule has 1 fully saturated rings. The highest BCUT2D eigenvalue weighted by Gasteiger charge is 2.40. The molecule has 1 amide bonds.